The average Bonchev–Trinajstić information content (AvgIpc) is 2.67. The molecule has 0 bridgehead atoms. The van der Waals surface area contributed by atoms with Gasteiger partial charge in [0.15, 0.2) is 0 Å². The molecule has 0 spiro atoms. The van der Waals surface area contributed by atoms with Crippen LogP contribution in [0.2, 0.25) is 0 Å². The number of carbonyl (C=O) groups excluding carboxylic acids is 1. The van der Waals surface area contributed by atoms with E-state index in [0.29, 0.717) is 11.3 Å². The van der Waals surface area contributed by atoms with Gasteiger partial charge in [-0.15, -0.1) is 0 Å². The second-order valence-electron chi connectivity index (χ2n) is 3.87. The highest BCUT2D eigenvalue weighted by atomic mass is 16.7. The van der Waals surface area contributed by atoms with Crippen LogP contribution >= 0.6 is 0 Å². The van der Waals surface area contributed by atoms with Gasteiger partial charge >= 0.3 is 5.97 Å². The molecule has 1 heterocycles. The van der Waals surface area contributed by atoms with E-state index in [1.54, 1.807) is 14.0 Å². The molecule has 0 aliphatic carbocycles. The number of nitrogens with one attached hydrogen (secondary N) is 1. The van der Waals surface area contributed by atoms with Gasteiger partial charge in [0.25, 0.3) is 0 Å². The molecular weight excluding hydrogens is 234 g/mol. The Morgan fingerprint density at radius 2 is 1.89 bits per heavy atom. The first-order chi connectivity index (χ1) is 8.65. The highest BCUT2D eigenvalue weighted by molar-refractivity contribution is 5.92. The Hall–Kier alpha value is -2.01. The Bertz CT molecular complexity index is 478. The first kappa shape index (κ1) is 12.4. The van der Waals surface area contributed by atoms with Gasteiger partial charge in [0.2, 0.25) is 6.29 Å². The van der Waals surface area contributed by atoms with E-state index in [1.165, 1.54) is 7.11 Å². The van der Waals surface area contributed by atoms with Crippen LogP contribution in [0.15, 0.2) is 35.5 Å². The van der Waals surface area contributed by atoms with Gasteiger partial charge in [0.1, 0.15) is 5.75 Å². The number of ether oxygens (including phenoxy) is 3. The third-order valence-electron chi connectivity index (χ3n) is 2.74. The highest BCUT2D eigenvalue weighted by Crippen LogP contribution is 2.25. The van der Waals surface area contributed by atoms with Crippen molar-refractivity contribution in [3.8, 4) is 5.75 Å². The lowest BCUT2D eigenvalue weighted by molar-refractivity contribution is -0.155. The fourth-order valence-electron chi connectivity index (χ4n) is 1.68. The van der Waals surface area contributed by atoms with Gasteiger partial charge in [0, 0.05) is 12.8 Å². The SMILES string of the molecule is COc1ccc(NC2=C(C)C(=O)O[C@H]2OC)cc1. The summed E-state index contributed by atoms with van der Waals surface area (Å²) in [6.07, 6.45) is -0.667. The van der Waals surface area contributed by atoms with E-state index in [2.05, 4.69) is 5.32 Å². The summed E-state index contributed by atoms with van der Waals surface area (Å²) in [4.78, 5) is 11.4. The summed E-state index contributed by atoms with van der Waals surface area (Å²) in [5, 5.41) is 3.13. The summed E-state index contributed by atoms with van der Waals surface area (Å²) in [5.41, 5.74) is 2.00. The first-order valence-corrected chi connectivity index (χ1v) is 5.51. The Morgan fingerprint density at radius 3 is 2.44 bits per heavy atom. The number of hydrogen-bond donors (Lipinski definition) is 1. The molecule has 1 aromatic carbocycles. The number of esters is 1. The molecule has 5 heteroatoms. The number of rotatable bonds is 4. The van der Waals surface area contributed by atoms with Gasteiger partial charge in [-0.05, 0) is 31.2 Å². The molecule has 18 heavy (non-hydrogen) atoms. The normalized spacial score (nSPS) is 18.8. The number of methoxy groups -OCH3 is 2. The maximum absolute atomic E-state index is 11.4. The molecule has 1 N–H and O–H groups in total. The van der Waals surface area contributed by atoms with Gasteiger partial charge in [-0.2, -0.15) is 0 Å². The second-order valence-corrected chi connectivity index (χ2v) is 3.87. The van der Waals surface area contributed by atoms with E-state index in [1.807, 2.05) is 24.3 Å². The minimum atomic E-state index is -0.667. The van der Waals surface area contributed by atoms with Gasteiger partial charge in [-0.25, -0.2) is 4.79 Å². The number of hydrogen-bond acceptors (Lipinski definition) is 5. The summed E-state index contributed by atoms with van der Waals surface area (Å²) in [6.45, 7) is 1.70. The molecule has 5 nitrogen and oxygen atoms in total. The van der Waals surface area contributed by atoms with Crippen molar-refractivity contribution in [1.29, 1.82) is 0 Å². The van der Waals surface area contributed by atoms with E-state index >= 15 is 0 Å². The Balaban J connectivity index is 2.19. The van der Waals surface area contributed by atoms with Crippen LogP contribution in [0.4, 0.5) is 5.69 Å². The predicted molar refractivity (Wildman–Crippen MR) is 66.2 cm³/mol. The zero-order valence-corrected chi connectivity index (χ0v) is 10.5. The van der Waals surface area contributed by atoms with Crippen LogP contribution < -0.4 is 10.1 Å². The first-order valence-electron chi connectivity index (χ1n) is 5.51. The summed E-state index contributed by atoms with van der Waals surface area (Å²) < 4.78 is 15.2. The van der Waals surface area contributed by atoms with Crippen LogP contribution in [-0.4, -0.2) is 26.5 Å². The van der Waals surface area contributed by atoms with Crippen molar-refractivity contribution in [1.82, 2.24) is 0 Å². The minimum absolute atomic E-state index is 0.363. The van der Waals surface area contributed by atoms with E-state index < -0.39 is 6.29 Å². The van der Waals surface area contributed by atoms with Crippen LogP contribution in [0.25, 0.3) is 0 Å². The fourth-order valence-corrected chi connectivity index (χ4v) is 1.68. The van der Waals surface area contributed by atoms with E-state index in [9.17, 15) is 4.79 Å². The zero-order chi connectivity index (χ0) is 13.1. The Labute approximate surface area is 105 Å². The van der Waals surface area contributed by atoms with Crippen LogP contribution in [0.5, 0.6) is 5.75 Å². The lowest BCUT2D eigenvalue weighted by Crippen LogP contribution is -2.18. The quantitative estimate of drug-likeness (QED) is 0.826. The second kappa shape index (κ2) is 5.10. The molecule has 0 saturated heterocycles. The number of anilines is 1. The number of carbonyl (C=O) groups is 1. The third kappa shape index (κ3) is 2.31. The molecule has 0 unspecified atom stereocenters. The minimum Gasteiger partial charge on any atom is -0.497 e. The molecule has 1 atom stereocenters. The van der Waals surface area contributed by atoms with Gasteiger partial charge in [0.05, 0.1) is 18.4 Å². The van der Waals surface area contributed by atoms with Crippen molar-refractivity contribution in [2.75, 3.05) is 19.5 Å². The number of cyclic esters (lactones) is 1. The monoisotopic (exact) mass is 249 g/mol. The zero-order valence-electron chi connectivity index (χ0n) is 10.5. The molecule has 0 radical (unpaired) electrons. The van der Waals surface area contributed by atoms with Crippen molar-refractivity contribution < 1.29 is 19.0 Å². The maximum atomic E-state index is 11.4. The van der Waals surface area contributed by atoms with Crippen LogP contribution in [0.3, 0.4) is 0 Å². The van der Waals surface area contributed by atoms with E-state index in [4.69, 9.17) is 14.2 Å². The summed E-state index contributed by atoms with van der Waals surface area (Å²) in [5.74, 6) is 0.408. The highest BCUT2D eigenvalue weighted by Gasteiger charge is 2.31. The van der Waals surface area contributed by atoms with E-state index in [0.717, 1.165) is 11.4 Å². The summed E-state index contributed by atoms with van der Waals surface area (Å²) in [7, 11) is 3.10. The lowest BCUT2D eigenvalue weighted by Gasteiger charge is -2.14. The van der Waals surface area contributed by atoms with Crippen molar-refractivity contribution >= 4 is 11.7 Å². The molecule has 0 amide bonds. The molecule has 0 aromatic heterocycles. The molecule has 1 aromatic rings. The Kier molecular flexibility index (Phi) is 3.53. The van der Waals surface area contributed by atoms with Crippen molar-refractivity contribution in [3.63, 3.8) is 0 Å². The largest absolute Gasteiger partial charge is 0.497 e. The predicted octanol–water partition coefficient (Wildman–Crippen LogP) is 1.91. The van der Waals surface area contributed by atoms with Crippen molar-refractivity contribution in [2.24, 2.45) is 0 Å². The van der Waals surface area contributed by atoms with Crippen LogP contribution in [-0.2, 0) is 14.3 Å². The van der Waals surface area contributed by atoms with Crippen LogP contribution in [0.1, 0.15) is 6.92 Å². The van der Waals surface area contributed by atoms with Gasteiger partial charge in [-0.3, -0.25) is 0 Å². The van der Waals surface area contributed by atoms with Gasteiger partial charge < -0.3 is 19.5 Å². The Morgan fingerprint density at radius 1 is 1.22 bits per heavy atom. The fraction of sp³-hybridized carbons (Fsp3) is 0.308. The molecule has 0 fully saturated rings. The summed E-state index contributed by atoms with van der Waals surface area (Å²) in [6, 6.07) is 7.37. The van der Waals surface area contributed by atoms with E-state index in [-0.39, 0.29) is 5.97 Å². The molecule has 0 saturated carbocycles. The number of benzene rings is 1. The molecule has 1 aliphatic heterocycles. The lowest BCUT2D eigenvalue weighted by atomic mass is 10.2. The van der Waals surface area contributed by atoms with Crippen LogP contribution in [0, 0.1) is 0 Å². The standard InChI is InChI=1S/C13H15NO4/c1-8-11(13(17-3)18-12(8)15)14-9-4-6-10(16-2)7-5-9/h4-7,13-14H,1-3H3/t13-/m1/s1. The van der Waals surface area contributed by atoms with Crippen molar-refractivity contribution in [3.05, 3.63) is 35.5 Å². The van der Waals surface area contributed by atoms with Gasteiger partial charge in [-0.1, -0.05) is 0 Å². The molecule has 1 aliphatic rings. The average molecular weight is 249 g/mol. The summed E-state index contributed by atoms with van der Waals surface area (Å²) >= 11 is 0. The van der Waals surface area contributed by atoms with Crippen molar-refractivity contribution in [2.45, 2.75) is 13.2 Å². The smallest absolute Gasteiger partial charge is 0.338 e. The third-order valence-corrected chi connectivity index (χ3v) is 2.74. The molecule has 2 rings (SSSR count). The topological polar surface area (TPSA) is 56.8 Å². The maximum Gasteiger partial charge on any atom is 0.338 e. The molecular formula is C13H15NO4. The molecule has 96 valence electrons.